The summed E-state index contributed by atoms with van der Waals surface area (Å²) in [6, 6.07) is 11.3. The Balaban J connectivity index is 1.64. The monoisotopic (exact) mass is 380 g/mol. The van der Waals surface area contributed by atoms with Crippen LogP contribution in [-0.2, 0) is 13.7 Å². The molecule has 0 aliphatic rings. The van der Waals surface area contributed by atoms with Crippen molar-refractivity contribution < 1.29 is 4.74 Å². The SMILES string of the molecule is Cc1cccc(COc2ccc(-c3nn(C)c4ncnc(N)c34)cc2Cl)n1. The summed E-state index contributed by atoms with van der Waals surface area (Å²) in [5.41, 5.74) is 9.98. The van der Waals surface area contributed by atoms with E-state index in [0.717, 1.165) is 17.0 Å². The summed E-state index contributed by atoms with van der Waals surface area (Å²) in [5, 5.41) is 5.70. The molecule has 7 nitrogen and oxygen atoms in total. The molecule has 0 aliphatic carbocycles. The molecule has 0 unspecified atom stereocenters. The van der Waals surface area contributed by atoms with Crippen LogP contribution in [0.2, 0.25) is 5.02 Å². The highest BCUT2D eigenvalue weighted by molar-refractivity contribution is 6.32. The molecule has 0 saturated carbocycles. The van der Waals surface area contributed by atoms with Crippen LogP contribution in [0.5, 0.6) is 5.75 Å². The smallest absolute Gasteiger partial charge is 0.163 e. The van der Waals surface area contributed by atoms with Crippen LogP contribution in [0.3, 0.4) is 0 Å². The fraction of sp³-hybridized carbons (Fsp3) is 0.158. The van der Waals surface area contributed by atoms with E-state index in [1.54, 1.807) is 10.7 Å². The normalized spacial score (nSPS) is 11.1. The van der Waals surface area contributed by atoms with Crippen molar-refractivity contribution in [2.75, 3.05) is 5.73 Å². The third-order valence-electron chi connectivity index (χ3n) is 4.18. The first-order valence-corrected chi connectivity index (χ1v) is 8.69. The summed E-state index contributed by atoms with van der Waals surface area (Å²) in [6.45, 7) is 2.28. The van der Waals surface area contributed by atoms with Gasteiger partial charge < -0.3 is 10.5 Å². The zero-order valence-corrected chi connectivity index (χ0v) is 15.6. The first kappa shape index (κ1) is 17.2. The van der Waals surface area contributed by atoms with Crippen molar-refractivity contribution >= 4 is 28.5 Å². The van der Waals surface area contributed by atoms with Crippen LogP contribution in [0.1, 0.15) is 11.4 Å². The molecule has 27 heavy (non-hydrogen) atoms. The number of halogens is 1. The number of pyridine rings is 1. The lowest BCUT2D eigenvalue weighted by Crippen LogP contribution is -1.99. The fourth-order valence-electron chi connectivity index (χ4n) is 2.91. The number of hydrogen-bond donors (Lipinski definition) is 1. The van der Waals surface area contributed by atoms with E-state index in [1.165, 1.54) is 6.33 Å². The Labute approximate surface area is 160 Å². The van der Waals surface area contributed by atoms with Crippen LogP contribution in [0.15, 0.2) is 42.7 Å². The number of hydrogen-bond acceptors (Lipinski definition) is 6. The van der Waals surface area contributed by atoms with Crippen LogP contribution in [0.4, 0.5) is 5.82 Å². The maximum Gasteiger partial charge on any atom is 0.163 e. The summed E-state index contributed by atoms with van der Waals surface area (Å²) < 4.78 is 7.49. The van der Waals surface area contributed by atoms with Crippen molar-refractivity contribution in [1.29, 1.82) is 0 Å². The number of rotatable bonds is 4. The van der Waals surface area contributed by atoms with Gasteiger partial charge in [-0.15, -0.1) is 0 Å². The molecule has 0 fully saturated rings. The van der Waals surface area contributed by atoms with Gasteiger partial charge in [-0.1, -0.05) is 17.7 Å². The number of fused-ring (bicyclic) bond motifs is 1. The van der Waals surface area contributed by atoms with E-state index >= 15 is 0 Å². The predicted octanol–water partition coefficient (Wildman–Crippen LogP) is 3.55. The van der Waals surface area contributed by atoms with E-state index in [4.69, 9.17) is 22.1 Å². The number of nitrogens with zero attached hydrogens (tertiary/aromatic N) is 5. The zero-order chi connectivity index (χ0) is 19.0. The fourth-order valence-corrected chi connectivity index (χ4v) is 3.14. The van der Waals surface area contributed by atoms with E-state index < -0.39 is 0 Å². The number of nitrogen functional groups attached to an aromatic ring is 1. The molecule has 0 saturated heterocycles. The van der Waals surface area contributed by atoms with Crippen molar-refractivity contribution in [2.45, 2.75) is 13.5 Å². The third kappa shape index (κ3) is 3.29. The standard InChI is InChI=1S/C19H17ClN6O/c1-11-4-3-5-13(24-11)9-27-15-7-6-12(8-14(15)20)17-16-18(21)22-10-23-19(16)26(2)25-17/h3-8,10H,9H2,1-2H3,(H2,21,22,23). The number of ether oxygens (including phenoxy) is 1. The summed E-state index contributed by atoms with van der Waals surface area (Å²) >= 11 is 6.43. The van der Waals surface area contributed by atoms with Gasteiger partial charge in [-0.3, -0.25) is 4.98 Å². The molecule has 0 aliphatic heterocycles. The van der Waals surface area contributed by atoms with Gasteiger partial charge in [-0.05, 0) is 37.3 Å². The van der Waals surface area contributed by atoms with Gasteiger partial charge in [0.2, 0.25) is 0 Å². The Hall–Kier alpha value is -3.19. The first-order chi connectivity index (χ1) is 13.0. The molecule has 8 heteroatoms. The summed E-state index contributed by atoms with van der Waals surface area (Å²) in [7, 11) is 1.81. The van der Waals surface area contributed by atoms with Gasteiger partial charge in [0, 0.05) is 18.3 Å². The third-order valence-corrected chi connectivity index (χ3v) is 4.47. The van der Waals surface area contributed by atoms with Gasteiger partial charge in [-0.2, -0.15) is 5.10 Å². The Morgan fingerprint density at radius 2 is 2.04 bits per heavy atom. The number of aromatic nitrogens is 5. The molecule has 3 aromatic heterocycles. The van der Waals surface area contributed by atoms with Gasteiger partial charge in [0.25, 0.3) is 0 Å². The Kier molecular flexibility index (Phi) is 4.37. The van der Waals surface area contributed by atoms with Crippen LogP contribution in [-0.4, -0.2) is 24.7 Å². The topological polar surface area (TPSA) is 91.7 Å². The molecule has 1 aromatic carbocycles. The molecular weight excluding hydrogens is 364 g/mol. The van der Waals surface area contributed by atoms with E-state index in [0.29, 0.717) is 39.9 Å². The van der Waals surface area contributed by atoms with E-state index in [1.807, 2.05) is 44.3 Å². The second kappa shape index (κ2) is 6.85. The lowest BCUT2D eigenvalue weighted by atomic mass is 10.1. The molecular formula is C19H17ClN6O. The zero-order valence-electron chi connectivity index (χ0n) is 14.8. The van der Waals surface area contributed by atoms with Crippen molar-refractivity contribution in [3.63, 3.8) is 0 Å². The maximum atomic E-state index is 6.43. The highest BCUT2D eigenvalue weighted by Crippen LogP contribution is 2.34. The molecule has 136 valence electrons. The number of nitrogens with two attached hydrogens (primary N) is 1. The highest BCUT2D eigenvalue weighted by Gasteiger charge is 2.16. The summed E-state index contributed by atoms with van der Waals surface area (Å²) in [6.07, 6.45) is 1.42. The number of anilines is 1. The van der Waals surface area contributed by atoms with Crippen LogP contribution in [0.25, 0.3) is 22.3 Å². The Morgan fingerprint density at radius 1 is 1.19 bits per heavy atom. The molecule has 0 atom stereocenters. The minimum Gasteiger partial charge on any atom is -0.486 e. The molecule has 0 bridgehead atoms. The highest BCUT2D eigenvalue weighted by atomic mass is 35.5. The van der Waals surface area contributed by atoms with Gasteiger partial charge in [0.05, 0.1) is 16.1 Å². The molecule has 4 rings (SSSR count). The molecule has 2 N–H and O–H groups in total. The molecule has 0 amide bonds. The lowest BCUT2D eigenvalue weighted by Gasteiger charge is -2.09. The van der Waals surface area contributed by atoms with Crippen molar-refractivity contribution in [3.8, 4) is 17.0 Å². The maximum absolute atomic E-state index is 6.43. The first-order valence-electron chi connectivity index (χ1n) is 8.31. The van der Waals surface area contributed by atoms with Gasteiger partial charge in [0.15, 0.2) is 5.65 Å². The van der Waals surface area contributed by atoms with Crippen molar-refractivity contribution in [3.05, 3.63) is 59.1 Å². The lowest BCUT2D eigenvalue weighted by molar-refractivity contribution is 0.301. The van der Waals surface area contributed by atoms with Gasteiger partial charge in [0.1, 0.15) is 30.2 Å². The molecule has 0 radical (unpaired) electrons. The van der Waals surface area contributed by atoms with Crippen LogP contribution in [0, 0.1) is 6.92 Å². The summed E-state index contributed by atoms with van der Waals surface area (Å²) in [4.78, 5) is 12.7. The molecule has 3 heterocycles. The van der Waals surface area contributed by atoms with Gasteiger partial charge >= 0.3 is 0 Å². The van der Waals surface area contributed by atoms with Gasteiger partial charge in [-0.25, -0.2) is 14.6 Å². The van der Waals surface area contributed by atoms with E-state index in [9.17, 15) is 0 Å². The molecule has 4 aromatic rings. The second-order valence-corrected chi connectivity index (χ2v) is 6.54. The average molecular weight is 381 g/mol. The van der Waals surface area contributed by atoms with Crippen LogP contribution >= 0.6 is 11.6 Å². The second-order valence-electron chi connectivity index (χ2n) is 6.13. The van der Waals surface area contributed by atoms with Crippen molar-refractivity contribution in [2.24, 2.45) is 7.05 Å². The average Bonchev–Trinajstić information content (AvgIpc) is 2.99. The quantitative estimate of drug-likeness (QED) is 0.582. The summed E-state index contributed by atoms with van der Waals surface area (Å²) in [5.74, 6) is 0.957. The minimum atomic E-state index is 0.341. The number of aryl methyl sites for hydroxylation is 2. The Morgan fingerprint density at radius 3 is 2.81 bits per heavy atom. The minimum absolute atomic E-state index is 0.341. The van der Waals surface area contributed by atoms with E-state index in [2.05, 4.69) is 20.1 Å². The van der Waals surface area contributed by atoms with E-state index in [-0.39, 0.29) is 0 Å². The number of benzene rings is 1. The Bertz CT molecular complexity index is 1140. The van der Waals surface area contributed by atoms with Crippen LogP contribution < -0.4 is 10.5 Å². The van der Waals surface area contributed by atoms with Crippen molar-refractivity contribution in [1.82, 2.24) is 24.7 Å². The molecule has 0 spiro atoms. The largest absolute Gasteiger partial charge is 0.486 e. The predicted molar refractivity (Wildman–Crippen MR) is 104 cm³/mol.